The number of fused-ring (bicyclic) bond motifs is 1. The molecule has 13 heavy (non-hydrogen) atoms. The van der Waals surface area contributed by atoms with E-state index in [1.54, 1.807) is 0 Å². The van der Waals surface area contributed by atoms with Crippen molar-refractivity contribution in [3.05, 3.63) is 18.1 Å². The first-order chi connectivity index (χ1) is 6.20. The van der Waals surface area contributed by atoms with Crippen molar-refractivity contribution < 1.29 is 0 Å². The molecule has 2 heterocycles. The fraction of sp³-hybridized carbons (Fsp3) is 0.333. The number of hydrogen-bond donors (Lipinski definition) is 2. The van der Waals surface area contributed by atoms with Gasteiger partial charge in [-0.1, -0.05) is 13.8 Å². The number of aromatic amines is 1. The van der Waals surface area contributed by atoms with Gasteiger partial charge in [0.05, 0.1) is 5.39 Å². The first-order valence-corrected chi connectivity index (χ1v) is 4.27. The summed E-state index contributed by atoms with van der Waals surface area (Å²) >= 11 is 0. The molecule has 0 radical (unpaired) electrons. The van der Waals surface area contributed by atoms with Crippen LogP contribution in [0.4, 0.5) is 5.82 Å². The van der Waals surface area contributed by atoms with Crippen molar-refractivity contribution in [3.8, 4) is 0 Å². The summed E-state index contributed by atoms with van der Waals surface area (Å²) in [6, 6.07) is 0. The Balaban J connectivity index is 2.79. The molecule has 0 aliphatic heterocycles. The van der Waals surface area contributed by atoms with Crippen LogP contribution in [0.15, 0.2) is 12.5 Å². The first kappa shape index (κ1) is 8.04. The van der Waals surface area contributed by atoms with Crippen molar-refractivity contribution in [1.82, 2.24) is 15.0 Å². The highest BCUT2D eigenvalue weighted by Crippen LogP contribution is 2.26. The summed E-state index contributed by atoms with van der Waals surface area (Å²) in [5.41, 5.74) is 7.76. The SMILES string of the molecule is CC(C)c1c[nH]c2ncnc(N)c12. The van der Waals surface area contributed by atoms with Gasteiger partial charge in [0.25, 0.3) is 0 Å². The molecule has 0 atom stereocenters. The van der Waals surface area contributed by atoms with E-state index in [2.05, 4.69) is 28.8 Å². The van der Waals surface area contributed by atoms with Gasteiger partial charge in [0, 0.05) is 6.20 Å². The van der Waals surface area contributed by atoms with Crippen LogP contribution in [0.3, 0.4) is 0 Å². The van der Waals surface area contributed by atoms with Crippen molar-refractivity contribution in [2.24, 2.45) is 0 Å². The molecule has 0 aliphatic rings. The summed E-state index contributed by atoms with van der Waals surface area (Å²) in [5.74, 6) is 0.983. The maximum atomic E-state index is 5.77. The third-order valence-electron chi connectivity index (χ3n) is 2.15. The van der Waals surface area contributed by atoms with Crippen molar-refractivity contribution in [2.75, 3.05) is 5.73 Å². The predicted molar refractivity (Wildman–Crippen MR) is 52.4 cm³/mol. The van der Waals surface area contributed by atoms with Crippen molar-refractivity contribution in [2.45, 2.75) is 19.8 Å². The second-order valence-corrected chi connectivity index (χ2v) is 3.38. The molecule has 3 N–H and O–H groups in total. The minimum absolute atomic E-state index is 0.432. The highest BCUT2D eigenvalue weighted by Gasteiger charge is 2.10. The van der Waals surface area contributed by atoms with E-state index in [4.69, 9.17) is 5.73 Å². The highest BCUT2D eigenvalue weighted by molar-refractivity contribution is 5.89. The molecule has 2 aromatic rings. The third-order valence-corrected chi connectivity index (χ3v) is 2.15. The van der Waals surface area contributed by atoms with Gasteiger partial charge in [0.15, 0.2) is 0 Å². The lowest BCUT2D eigenvalue weighted by atomic mass is 10.0. The Labute approximate surface area is 76.2 Å². The van der Waals surface area contributed by atoms with Crippen LogP contribution in [0.5, 0.6) is 0 Å². The average molecular weight is 176 g/mol. The zero-order valence-electron chi connectivity index (χ0n) is 7.70. The van der Waals surface area contributed by atoms with Crippen LogP contribution in [0.2, 0.25) is 0 Å². The normalized spacial score (nSPS) is 11.3. The van der Waals surface area contributed by atoms with Crippen LogP contribution in [-0.2, 0) is 0 Å². The van der Waals surface area contributed by atoms with Crippen LogP contribution >= 0.6 is 0 Å². The van der Waals surface area contributed by atoms with Crippen molar-refractivity contribution in [3.63, 3.8) is 0 Å². The smallest absolute Gasteiger partial charge is 0.143 e. The van der Waals surface area contributed by atoms with E-state index in [0.29, 0.717) is 11.7 Å². The van der Waals surface area contributed by atoms with Crippen LogP contribution < -0.4 is 5.73 Å². The Hall–Kier alpha value is -1.58. The molecule has 0 spiro atoms. The number of nitrogens with two attached hydrogens (primary N) is 1. The predicted octanol–water partition coefficient (Wildman–Crippen LogP) is 1.66. The van der Waals surface area contributed by atoms with Gasteiger partial charge in [-0.2, -0.15) is 0 Å². The lowest BCUT2D eigenvalue weighted by molar-refractivity contribution is 0.875. The van der Waals surface area contributed by atoms with E-state index in [-0.39, 0.29) is 0 Å². The fourth-order valence-corrected chi connectivity index (χ4v) is 1.47. The minimum Gasteiger partial charge on any atom is -0.383 e. The van der Waals surface area contributed by atoms with Crippen molar-refractivity contribution >= 4 is 16.9 Å². The van der Waals surface area contributed by atoms with Gasteiger partial charge < -0.3 is 10.7 Å². The Morgan fingerprint density at radius 2 is 2.15 bits per heavy atom. The van der Waals surface area contributed by atoms with Crippen LogP contribution in [0.25, 0.3) is 11.0 Å². The second kappa shape index (κ2) is 2.73. The molecule has 2 aromatic heterocycles. The number of aromatic nitrogens is 3. The molecule has 0 amide bonds. The molecule has 0 fully saturated rings. The van der Waals surface area contributed by atoms with E-state index in [1.165, 1.54) is 11.9 Å². The Bertz CT molecular complexity index is 430. The van der Waals surface area contributed by atoms with Crippen LogP contribution in [0.1, 0.15) is 25.3 Å². The van der Waals surface area contributed by atoms with Gasteiger partial charge in [-0.25, -0.2) is 9.97 Å². The number of nitrogen functional groups attached to an aromatic ring is 1. The molecule has 2 rings (SSSR count). The number of nitrogens with zero attached hydrogens (tertiary/aromatic N) is 2. The molecular weight excluding hydrogens is 164 g/mol. The molecule has 4 nitrogen and oxygen atoms in total. The number of hydrogen-bond acceptors (Lipinski definition) is 3. The van der Waals surface area contributed by atoms with E-state index >= 15 is 0 Å². The summed E-state index contributed by atoms with van der Waals surface area (Å²) in [7, 11) is 0. The summed E-state index contributed by atoms with van der Waals surface area (Å²) < 4.78 is 0. The Morgan fingerprint density at radius 1 is 1.38 bits per heavy atom. The molecule has 0 saturated carbocycles. The monoisotopic (exact) mass is 176 g/mol. The topological polar surface area (TPSA) is 67.6 Å². The van der Waals surface area contributed by atoms with E-state index in [1.807, 2.05) is 6.20 Å². The number of rotatable bonds is 1. The van der Waals surface area contributed by atoms with Gasteiger partial charge in [0.1, 0.15) is 17.8 Å². The maximum Gasteiger partial charge on any atom is 0.143 e. The summed E-state index contributed by atoms with van der Waals surface area (Å²) in [4.78, 5) is 11.1. The number of nitrogens with one attached hydrogen (secondary N) is 1. The quantitative estimate of drug-likeness (QED) is 0.694. The Morgan fingerprint density at radius 3 is 2.85 bits per heavy atom. The largest absolute Gasteiger partial charge is 0.383 e. The molecule has 0 aromatic carbocycles. The highest BCUT2D eigenvalue weighted by atomic mass is 15.0. The third kappa shape index (κ3) is 1.14. The standard InChI is InChI=1S/C9H12N4/c1-5(2)6-3-11-9-7(6)8(10)12-4-13-9/h3-5H,1-2H3,(H3,10,11,12,13). The lowest BCUT2D eigenvalue weighted by Crippen LogP contribution is -1.94. The average Bonchev–Trinajstić information content (AvgIpc) is 2.49. The molecule has 0 saturated heterocycles. The van der Waals surface area contributed by atoms with Gasteiger partial charge in [-0.05, 0) is 11.5 Å². The molecule has 0 unspecified atom stereocenters. The summed E-state index contributed by atoms with van der Waals surface area (Å²) in [6.07, 6.45) is 3.42. The first-order valence-electron chi connectivity index (χ1n) is 4.27. The van der Waals surface area contributed by atoms with Crippen LogP contribution in [-0.4, -0.2) is 15.0 Å². The van der Waals surface area contributed by atoms with E-state index < -0.39 is 0 Å². The fourth-order valence-electron chi connectivity index (χ4n) is 1.47. The van der Waals surface area contributed by atoms with E-state index in [0.717, 1.165) is 11.0 Å². The van der Waals surface area contributed by atoms with Crippen LogP contribution in [0, 0.1) is 0 Å². The Kier molecular flexibility index (Phi) is 1.69. The number of anilines is 1. The second-order valence-electron chi connectivity index (χ2n) is 3.38. The van der Waals surface area contributed by atoms with E-state index in [9.17, 15) is 0 Å². The minimum atomic E-state index is 0.432. The van der Waals surface area contributed by atoms with Gasteiger partial charge in [0.2, 0.25) is 0 Å². The van der Waals surface area contributed by atoms with Gasteiger partial charge in [-0.15, -0.1) is 0 Å². The van der Waals surface area contributed by atoms with Crippen molar-refractivity contribution in [1.29, 1.82) is 0 Å². The molecular formula is C9H12N4. The molecule has 0 bridgehead atoms. The molecule has 68 valence electrons. The molecule has 4 heteroatoms. The zero-order valence-corrected chi connectivity index (χ0v) is 7.70. The zero-order chi connectivity index (χ0) is 9.42. The van der Waals surface area contributed by atoms with Gasteiger partial charge >= 0.3 is 0 Å². The van der Waals surface area contributed by atoms with Gasteiger partial charge in [-0.3, -0.25) is 0 Å². The summed E-state index contributed by atoms with van der Waals surface area (Å²) in [6.45, 7) is 4.24. The lowest BCUT2D eigenvalue weighted by Gasteiger charge is -2.02. The maximum absolute atomic E-state index is 5.77. The molecule has 0 aliphatic carbocycles. The summed E-state index contributed by atoms with van der Waals surface area (Å²) in [5, 5.41) is 0.956. The number of H-pyrrole nitrogens is 1.